The standard InChI is InChI=1S/C20H34N2O3.BrH/c1-3-4-5-6-7-8-9-10-11-14-19(23)25-17(2)22-15-12-13-18(16-22)20(21)24;/h12-13,15,17H,3-11,14,16H2,1-2H3,(H2,21,24);1H. The van der Waals surface area contributed by atoms with E-state index in [4.69, 9.17) is 10.5 Å². The quantitative estimate of drug-likeness (QED) is 0.341. The minimum absolute atomic E-state index is 0. The van der Waals surface area contributed by atoms with Gasteiger partial charge in [-0.05, 0) is 19.4 Å². The Labute approximate surface area is 168 Å². The van der Waals surface area contributed by atoms with E-state index in [1.54, 1.807) is 17.1 Å². The number of carbonyl (C=O) groups excluding carboxylic acids is 2. The topological polar surface area (TPSA) is 72.6 Å². The highest BCUT2D eigenvalue weighted by molar-refractivity contribution is 8.93. The Morgan fingerprint density at radius 1 is 1.12 bits per heavy atom. The van der Waals surface area contributed by atoms with E-state index in [1.807, 2.05) is 13.1 Å². The number of hydrogen-bond acceptors (Lipinski definition) is 4. The van der Waals surface area contributed by atoms with Crippen molar-refractivity contribution in [3.63, 3.8) is 0 Å². The molecule has 0 aliphatic carbocycles. The number of esters is 1. The van der Waals surface area contributed by atoms with Crippen LogP contribution in [-0.4, -0.2) is 29.5 Å². The average Bonchev–Trinajstić information content (AvgIpc) is 2.60. The van der Waals surface area contributed by atoms with Crippen molar-refractivity contribution < 1.29 is 14.3 Å². The van der Waals surface area contributed by atoms with Crippen LogP contribution in [0.5, 0.6) is 0 Å². The van der Waals surface area contributed by atoms with Crippen LogP contribution in [0.25, 0.3) is 0 Å². The average molecular weight is 431 g/mol. The number of carbonyl (C=O) groups is 2. The van der Waals surface area contributed by atoms with Crippen molar-refractivity contribution in [3.8, 4) is 0 Å². The maximum Gasteiger partial charge on any atom is 0.307 e. The minimum Gasteiger partial charge on any atom is -0.442 e. The molecule has 0 fully saturated rings. The highest BCUT2D eigenvalue weighted by Gasteiger charge is 2.19. The molecule has 2 N–H and O–H groups in total. The fraction of sp³-hybridized carbons (Fsp3) is 0.700. The molecule has 6 heteroatoms. The molecule has 5 nitrogen and oxygen atoms in total. The van der Waals surface area contributed by atoms with E-state index in [2.05, 4.69) is 6.92 Å². The minimum atomic E-state index is -0.442. The van der Waals surface area contributed by atoms with Crippen molar-refractivity contribution in [2.24, 2.45) is 5.73 Å². The van der Waals surface area contributed by atoms with Crippen molar-refractivity contribution in [1.82, 2.24) is 4.90 Å². The molecule has 0 spiro atoms. The SMILES string of the molecule is Br.CCCCCCCCCCCC(=O)OC(C)N1C=CC=C(C(N)=O)C1. The van der Waals surface area contributed by atoms with Gasteiger partial charge in [0, 0.05) is 18.2 Å². The molecular weight excluding hydrogens is 396 g/mol. The summed E-state index contributed by atoms with van der Waals surface area (Å²) in [6.45, 7) is 4.41. The van der Waals surface area contributed by atoms with Crippen LogP contribution < -0.4 is 5.73 Å². The summed E-state index contributed by atoms with van der Waals surface area (Å²) in [5, 5.41) is 0. The van der Waals surface area contributed by atoms with Crippen molar-refractivity contribution >= 4 is 28.9 Å². The number of halogens is 1. The lowest BCUT2D eigenvalue weighted by atomic mass is 10.1. The molecule has 0 aromatic rings. The maximum absolute atomic E-state index is 11.9. The smallest absolute Gasteiger partial charge is 0.307 e. The normalized spacial score (nSPS) is 14.4. The van der Waals surface area contributed by atoms with Gasteiger partial charge in [-0.15, -0.1) is 17.0 Å². The molecule has 0 saturated heterocycles. The second kappa shape index (κ2) is 14.8. The van der Waals surface area contributed by atoms with Crippen LogP contribution >= 0.6 is 17.0 Å². The zero-order valence-electron chi connectivity index (χ0n) is 16.2. The largest absolute Gasteiger partial charge is 0.442 e. The number of nitrogens with two attached hydrogens (primary N) is 1. The molecule has 0 aromatic heterocycles. The van der Waals surface area contributed by atoms with Crippen LogP contribution in [0.1, 0.15) is 78.1 Å². The number of primary amides is 1. The Hall–Kier alpha value is -1.30. The van der Waals surface area contributed by atoms with Gasteiger partial charge < -0.3 is 15.4 Å². The van der Waals surface area contributed by atoms with Gasteiger partial charge in [0.1, 0.15) is 0 Å². The molecule has 1 atom stereocenters. The van der Waals surface area contributed by atoms with E-state index in [0.717, 1.165) is 12.8 Å². The van der Waals surface area contributed by atoms with Gasteiger partial charge in [-0.25, -0.2) is 0 Å². The van der Waals surface area contributed by atoms with Crippen LogP contribution in [0.15, 0.2) is 23.9 Å². The maximum atomic E-state index is 11.9. The predicted octanol–water partition coefficient (Wildman–Crippen LogP) is 4.62. The number of nitrogens with zero attached hydrogens (tertiary/aromatic N) is 1. The zero-order valence-corrected chi connectivity index (χ0v) is 18.0. The Morgan fingerprint density at radius 2 is 1.69 bits per heavy atom. The number of allylic oxidation sites excluding steroid dienone is 2. The lowest BCUT2D eigenvalue weighted by Gasteiger charge is -2.29. The lowest BCUT2D eigenvalue weighted by Crippen LogP contribution is -2.37. The summed E-state index contributed by atoms with van der Waals surface area (Å²) >= 11 is 0. The molecule has 0 bridgehead atoms. The van der Waals surface area contributed by atoms with Crippen LogP contribution in [0.3, 0.4) is 0 Å². The Morgan fingerprint density at radius 3 is 2.27 bits per heavy atom. The first kappa shape index (κ1) is 24.7. The zero-order chi connectivity index (χ0) is 18.5. The Bertz CT molecular complexity index is 478. The third-order valence-corrected chi connectivity index (χ3v) is 4.50. The summed E-state index contributed by atoms with van der Waals surface area (Å²) in [7, 11) is 0. The van der Waals surface area contributed by atoms with Gasteiger partial charge in [0.05, 0.1) is 6.54 Å². The van der Waals surface area contributed by atoms with Crippen molar-refractivity contribution in [2.75, 3.05) is 6.54 Å². The Balaban J connectivity index is 0.00000625. The molecule has 1 rings (SSSR count). The first-order valence-electron chi connectivity index (χ1n) is 9.67. The number of rotatable bonds is 13. The summed E-state index contributed by atoms with van der Waals surface area (Å²) in [5.41, 5.74) is 5.81. The molecule has 0 saturated carbocycles. The summed E-state index contributed by atoms with van der Waals surface area (Å²) < 4.78 is 5.45. The van der Waals surface area contributed by atoms with Crippen molar-refractivity contribution in [3.05, 3.63) is 23.9 Å². The van der Waals surface area contributed by atoms with E-state index in [-0.39, 0.29) is 23.0 Å². The van der Waals surface area contributed by atoms with Gasteiger partial charge in [0.15, 0.2) is 6.23 Å². The van der Waals surface area contributed by atoms with E-state index in [9.17, 15) is 9.59 Å². The summed E-state index contributed by atoms with van der Waals surface area (Å²) in [5.74, 6) is -0.624. The van der Waals surface area contributed by atoms with Crippen LogP contribution in [-0.2, 0) is 14.3 Å². The van der Waals surface area contributed by atoms with E-state index >= 15 is 0 Å². The van der Waals surface area contributed by atoms with Crippen molar-refractivity contribution in [2.45, 2.75) is 84.3 Å². The molecule has 1 aliphatic rings. The summed E-state index contributed by atoms with van der Waals surface area (Å²) in [4.78, 5) is 25.0. The van der Waals surface area contributed by atoms with E-state index < -0.39 is 12.1 Å². The number of unbranched alkanes of at least 4 members (excludes halogenated alkanes) is 8. The fourth-order valence-corrected chi connectivity index (χ4v) is 2.88. The van der Waals surface area contributed by atoms with Crippen molar-refractivity contribution in [1.29, 1.82) is 0 Å². The fourth-order valence-electron chi connectivity index (χ4n) is 2.88. The molecule has 150 valence electrons. The number of amides is 1. The van der Waals surface area contributed by atoms with E-state index in [0.29, 0.717) is 18.5 Å². The van der Waals surface area contributed by atoms with Gasteiger partial charge in [-0.3, -0.25) is 9.59 Å². The van der Waals surface area contributed by atoms with Gasteiger partial charge in [0.25, 0.3) is 0 Å². The molecule has 1 heterocycles. The van der Waals surface area contributed by atoms with E-state index in [1.165, 1.54) is 44.9 Å². The van der Waals surface area contributed by atoms with Gasteiger partial charge in [-0.2, -0.15) is 0 Å². The lowest BCUT2D eigenvalue weighted by molar-refractivity contribution is -0.155. The Kier molecular flexibility index (Phi) is 14.1. The predicted molar refractivity (Wildman–Crippen MR) is 111 cm³/mol. The second-order valence-electron chi connectivity index (χ2n) is 6.74. The van der Waals surface area contributed by atoms with Crippen LogP contribution in [0.2, 0.25) is 0 Å². The van der Waals surface area contributed by atoms with Crippen LogP contribution in [0.4, 0.5) is 0 Å². The van der Waals surface area contributed by atoms with Gasteiger partial charge in [-0.1, -0.05) is 64.4 Å². The summed E-state index contributed by atoms with van der Waals surface area (Å²) in [6.07, 6.45) is 16.3. The molecule has 1 amide bonds. The molecule has 0 radical (unpaired) electrons. The number of ether oxygens (including phenoxy) is 1. The summed E-state index contributed by atoms with van der Waals surface area (Å²) in [6, 6.07) is 0. The first-order chi connectivity index (χ1) is 12.0. The third-order valence-electron chi connectivity index (χ3n) is 4.50. The molecule has 26 heavy (non-hydrogen) atoms. The number of hydrogen-bond donors (Lipinski definition) is 1. The molecule has 1 aliphatic heterocycles. The second-order valence-corrected chi connectivity index (χ2v) is 6.74. The molecular formula is C20H35BrN2O3. The van der Waals surface area contributed by atoms with Gasteiger partial charge >= 0.3 is 5.97 Å². The monoisotopic (exact) mass is 430 g/mol. The molecule has 1 unspecified atom stereocenters. The molecule has 0 aromatic carbocycles. The highest BCUT2D eigenvalue weighted by Crippen LogP contribution is 2.14. The van der Waals surface area contributed by atoms with Crippen LogP contribution in [0, 0.1) is 0 Å². The highest BCUT2D eigenvalue weighted by atomic mass is 79.9. The van der Waals surface area contributed by atoms with Gasteiger partial charge in [0.2, 0.25) is 5.91 Å². The third kappa shape index (κ3) is 10.6. The first-order valence-corrected chi connectivity index (χ1v) is 9.67.